The highest BCUT2D eigenvalue weighted by molar-refractivity contribution is 7.16. The number of thiophene rings is 1. The first-order valence-electron chi connectivity index (χ1n) is 6.84. The molecule has 0 amide bonds. The minimum atomic E-state index is -0.396. The van der Waals surface area contributed by atoms with Gasteiger partial charge in [-0.2, -0.15) is 0 Å². The number of carbonyl (C=O) groups excluding carboxylic acids is 2. The Bertz CT molecular complexity index is 523. The van der Waals surface area contributed by atoms with E-state index in [4.69, 9.17) is 15.2 Å². The molecule has 2 rings (SSSR count). The summed E-state index contributed by atoms with van der Waals surface area (Å²) in [4.78, 5) is 24.9. The molecule has 0 aromatic carbocycles. The van der Waals surface area contributed by atoms with Crippen LogP contribution in [-0.2, 0) is 20.7 Å². The molecule has 6 heteroatoms. The van der Waals surface area contributed by atoms with E-state index in [2.05, 4.69) is 0 Å². The summed E-state index contributed by atoms with van der Waals surface area (Å²) < 4.78 is 10.2. The van der Waals surface area contributed by atoms with Gasteiger partial charge in [-0.3, -0.25) is 4.79 Å². The summed E-state index contributed by atoms with van der Waals surface area (Å²) >= 11 is 1.31. The van der Waals surface area contributed by atoms with Gasteiger partial charge in [-0.25, -0.2) is 4.79 Å². The van der Waals surface area contributed by atoms with Crippen LogP contribution in [0.5, 0.6) is 0 Å². The highest BCUT2D eigenvalue weighted by atomic mass is 32.1. The monoisotopic (exact) mass is 297 g/mol. The van der Waals surface area contributed by atoms with Crippen LogP contribution in [0.4, 0.5) is 5.00 Å². The third-order valence-corrected chi connectivity index (χ3v) is 4.53. The molecule has 0 saturated heterocycles. The Morgan fingerprint density at radius 1 is 1.30 bits per heavy atom. The zero-order valence-electron chi connectivity index (χ0n) is 11.7. The smallest absolute Gasteiger partial charge is 0.341 e. The number of rotatable bonds is 4. The van der Waals surface area contributed by atoms with Crippen molar-refractivity contribution >= 4 is 28.3 Å². The van der Waals surface area contributed by atoms with E-state index < -0.39 is 5.97 Å². The molecule has 1 heterocycles. The molecule has 2 N–H and O–H groups in total. The van der Waals surface area contributed by atoms with Crippen molar-refractivity contribution in [3.8, 4) is 0 Å². The number of fused-ring (bicyclic) bond motifs is 1. The third-order valence-electron chi connectivity index (χ3n) is 3.35. The molecule has 110 valence electrons. The maximum Gasteiger partial charge on any atom is 0.341 e. The number of nitrogen functional groups attached to an aromatic ring is 1. The van der Waals surface area contributed by atoms with Crippen molar-refractivity contribution in [2.75, 3.05) is 18.9 Å². The van der Waals surface area contributed by atoms with E-state index in [1.165, 1.54) is 11.3 Å². The summed E-state index contributed by atoms with van der Waals surface area (Å²) in [5, 5.41) is 0.435. The Balaban J connectivity index is 2.37. The highest BCUT2D eigenvalue weighted by Crippen LogP contribution is 2.43. The van der Waals surface area contributed by atoms with E-state index in [9.17, 15) is 9.59 Å². The van der Waals surface area contributed by atoms with E-state index in [1.54, 1.807) is 13.8 Å². The van der Waals surface area contributed by atoms with E-state index in [-0.39, 0.29) is 11.9 Å². The number of hydrogen-bond acceptors (Lipinski definition) is 6. The molecule has 1 aliphatic rings. The molecular weight excluding hydrogens is 278 g/mol. The molecule has 0 saturated carbocycles. The van der Waals surface area contributed by atoms with Crippen LogP contribution in [0.15, 0.2) is 0 Å². The number of ether oxygens (including phenoxy) is 2. The lowest BCUT2D eigenvalue weighted by Crippen LogP contribution is -2.20. The largest absolute Gasteiger partial charge is 0.465 e. The van der Waals surface area contributed by atoms with Gasteiger partial charge >= 0.3 is 11.9 Å². The maximum absolute atomic E-state index is 12.0. The van der Waals surface area contributed by atoms with Crippen LogP contribution in [0.1, 0.15) is 53.4 Å². The van der Waals surface area contributed by atoms with E-state index in [0.29, 0.717) is 23.8 Å². The summed E-state index contributed by atoms with van der Waals surface area (Å²) in [5.74, 6) is -0.925. The minimum absolute atomic E-state index is 0.231. The fourth-order valence-electron chi connectivity index (χ4n) is 2.54. The first kappa shape index (κ1) is 14.8. The molecule has 1 aromatic rings. The van der Waals surface area contributed by atoms with E-state index in [1.807, 2.05) is 0 Å². The second-order valence-electron chi connectivity index (χ2n) is 4.60. The molecule has 0 aliphatic heterocycles. The standard InChI is InChI=1S/C14H19NO4S/c1-3-18-13(16)9-7-5-6-8-10(14(17)19-4-2)12(15)20-11(8)9/h9H,3-7,15H2,1-2H3. The van der Waals surface area contributed by atoms with Gasteiger partial charge in [-0.05, 0) is 38.7 Å². The quantitative estimate of drug-likeness (QED) is 0.864. The Morgan fingerprint density at radius 3 is 2.65 bits per heavy atom. The highest BCUT2D eigenvalue weighted by Gasteiger charge is 2.34. The summed E-state index contributed by atoms with van der Waals surface area (Å²) in [7, 11) is 0. The van der Waals surface area contributed by atoms with Crippen molar-refractivity contribution < 1.29 is 19.1 Å². The Kier molecular flexibility index (Phi) is 4.65. The minimum Gasteiger partial charge on any atom is -0.465 e. The molecule has 1 atom stereocenters. The van der Waals surface area contributed by atoms with Crippen LogP contribution in [-0.4, -0.2) is 25.2 Å². The average Bonchev–Trinajstić information content (AvgIpc) is 2.74. The van der Waals surface area contributed by atoms with Crippen LogP contribution < -0.4 is 5.73 Å². The summed E-state index contributed by atoms with van der Waals surface area (Å²) in [5.41, 5.74) is 7.27. The number of carbonyl (C=O) groups is 2. The normalized spacial score (nSPS) is 17.4. The Hall–Kier alpha value is -1.56. The van der Waals surface area contributed by atoms with Crippen molar-refractivity contribution in [3.63, 3.8) is 0 Å². The molecule has 1 aliphatic carbocycles. The predicted octanol–water partition coefficient (Wildman–Crippen LogP) is 2.49. The van der Waals surface area contributed by atoms with Crippen molar-refractivity contribution in [2.45, 2.75) is 39.0 Å². The zero-order chi connectivity index (χ0) is 14.7. The fourth-order valence-corrected chi connectivity index (χ4v) is 3.77. The third kappa shape index (κ3) is 2.65. The van der Waals surface area contributed by atoms with Gasteiger partial charge in [0, 0.05) is 4.88 Å². The van der Waals surface area contributed by atoms with Gasteiger partial charge in [-0.15, -0.1) is 11.3 Å². The summed E-state index contributed by atoms with van der Waals surface area (Å²) in [6.07, 6.45) is 2.35. The molecule has 1 aromatic heterocycles. The second kappa shape index (κ2) is 6.26. The molecular formula is C14H19NO4S. The fraction of sp³-hybridized carbons (Fsp3) is 0.571. The van der Waals surface area contributed by atoms with Gasteiger partial charge in [0.1, 0.15) is 5.00 Å². The lowest BCUT2D eigenvalue weighted by atomic mass is 9.87. The van der Waals surface area contributed by atoms with E-state index >= 15 is 0 Å². The molecule has 5 nitrogen and oxygen atoms in total. The molecule has 1 unspecified atom stereocenters. The average molecular weight is 297 g/mol. The van der Waals surface area contributed by atoms with Gasteiger partial charge in [-0.1, -0.05) is 0 Å². The molecule has 0 fully saturated rings. The van der Waals surface area contributed by atoms with Crippen LogP contribution in [0.2, 0.25) is 0 Å². The number of nitrogens with two attached hydrogens (primary N) is 1. The second-order valence-corrected chi connectivity index (χ2v) is 5.69. The maximum atomic E-state index is 12.0. The van der Waals surface area contributed by atoms with Crippen LogP contribution in [0.3, 0.4) is 0 Å². The van der Waals surface area contributed by atoms with Crippen molar-refractivity contribution in [1.29, 1.82) is 0 Å². The predicted molar refractivity (Wildman–Crippen MR) is 77.0 cm³/mol. The van der Waals surface area contributed by atoms with Gasteiger partial charge in [0.25, 0.3) is 0 Å². The lowest BCUT2D eigenvalue weighted by Gasteiger charge is -2.21. The van der Waals surface area contributed by atoms with Crippen molar-refractivity contribution in [2.24, 2.45) is 0 Å². The van der Waals surface area contributed by atoms with Crippen LogP contribution in [0.25, 0.3) is 0 Å². The van der Waals surface area contributed by atoms with Gasteiger partial charge in [0.15, 0.2) is 0 Å². The van der Waals surface area contributed by atoms with Gasteiger partial charge < -0.3 is 15.2 Å². The number of hydrogen-bond donors (Lipinski definition) is 1. The first-order chi connectivity index (χ1) is 9.60. The molecule has 0 radical (unpaired) electrons. The van der Waals surface area contributed by atoms with Crippen LogP contribution >= 0.6 is 11.3 Å². The first-order valence-corrected chi connectivity index (χ1v) is 7.66. The molecule has 20 heavy (non-hydrogen) atoms. The topological polar surface area (TPSA) is 78.6 Å². The van der Waals surface area contributed by atoms with Crippen LogP contribution in [0, 0.1) is 0 Å². The van der Waals surface area contributed by atoms with Gasteiger partial charge in [0.2, 0.25) is 0 Å². The summed E-state index contributed by atoms with van der Waals surface area (Å²) in [6, 6.07) is 0. The summed E-state index contributed by atoms with van der Waals surface area (Å²) in [6.45, 7) is 4.21. The van der Waals surface area contributed by atoms with Crippen molar-refractivity contribution in [3.05, 3.63) is 16.0 Å². The SMILES string of the molecule is CCOC(=O)c1c(N)sc2c1CCCC2C(=O)OCC. The lowest BCUT2D eigenvalue weighted by molar-refractivity contribution is -0.145. The Morgan fingerprint density at radius 2 is 2.00 bits per heavy atom. The van der Waals surface area contributed by atoms with E-state index in [0.717, 1.165) is 29.7 Å². The Labute approximate surface area is 122 Å². The zero-order valence-corrected chi connectivity index (χ0v) is 12.5. The van der Waals surface area contributed by atoms with Crippen molar-refractivity contribution in [1.82, 2.24) is 0 Å². The molecule has 0 bridgehead atoms. The van der Waals surface area contributed by atoms with Gasteiger partial charge in [0.05, 0.1) is 24.7 Å². The number of anilines is 1. The molecule has 0 spiro atoms. The number of esters is 2.